The van der Waals surface area contributed by atoms with E-state index in [0.29, 0.717) is 13.2 Å². The number of ether oxygens (including phenoxy) is 1. The maximum absolute atomic E-state index is 12.7. The van der Waals surface area contributed by atoms with E-state index in [-0.39, 0.29) is 11.8 Å². The van der Waals surface area contributed by atoms with Crippen LogP contribution in [0.1, 0.15) is 18.4 Å². The predicted molar refractivity (Wildman–Crippen MR) is 122 cm³/mol. The lowest BCUT2D eigenvalue weighted by atomic mass is 9.96. The summed E-state index contributed by atoms with van der Waals surface area (Å²) in [6.07, 6.45) is 1.95. The van der Waals surface area contributed by atoms with Crippen LogP contribution in [0.4, 0.5) is 0 Å². The van der Waals surface area contributed by atoms with E-state index >= 15 is 0 Å². The van der Waals surface area contributed by atoms with Crippen molar-refractivity contribution < 1.29 is 9.53 Å². The third kappa shape index (κ3) is 5.13. The molecule has 1 atom stereocenters. The SMILES string of the molecule is O=C(NCCOc1cccc2ccccc12)[C@@H]1CCCN(Cc2ccccc2Cl)C1. The second kappa shape index (κ2) is 9.96. The average Bonchev–Trinajstić information content (AvgIpc) is 2.78. The first-order valence-corrected chi connectivity index (χ1v) is 10.9. The molecule has 1 saturated heterocycles. The van der Waals surface area contributed by atoms with Crippen molar-refractivity contribution in [3.05, 3.63) is 77.3 Å². The summed E-state index contributed by atoms with van der Waals surface area (Å²) in [5.41, 5.74) is 1.11. The fourth-order valence-electron chi connectivity index (χ4n) is 4.08. The minimum absolute atomic E-state index is 0.0128. The maximum atomic E-state index is 12.7. The summed E-state index contributed by atoms with van der Waals surface area (Å²) in [4.78, 5) is 15.0. The molecule has 1 amide bonds. The molecular weight excluding hydrogens is 396 g/mol. The molecule has 1 fully saturated rings. The Hall–Kier alpha value is -2.56. The van der Waals surface area contributed by atoms with Crippen molar-refractivity contribution in [1.29, 1.82) is 0 Å². The van der Waals surface area contributed by atoms with E-state index in [9.17, 15) is 4.79 Å². The van der Waals surface area contributed by atoms with Gasteiger partial charge in [0.2, 0.25) is 5.91 Å². The Balaban J connectivity index is 1.25. The van der Waals surface area contributed by atoms with Gasteiger partial charge in [-0.05, 0) is 42.5 Å². The smallest absolute Gasteiger partial charge is 0.224 e. The molecule has 0 unspecified atom stereocenters. The van der Waals surface area contributed by atoms with Crippen molar-refractivity contribution in [3.63, 3.8) is 0 Å². The molecule has 4 nitrogen and oxygen atoms in total. The number of fused-ring (bicyclic) bond motifs is 1. The zero-order chi connectivity index (χ0) is 20.8. The topological polar surface area (TPSA) is 41.6 Å². The van der Waals surface area contributed by atoms with Gasteiger partial charge in [-0.3, -0.25) is 9.69 Å². The Bertz CT molecular complexity index is 1000. The molecule has 30 heavy (non-hydrogen) atoms. The van der Waals surface area contributed by atoms with Crippen molar-refractivity contribution in [2.45, 2.75) is 19.4 Å². The van der Waals surface area contributed by atoms with Crippen LogP contribution >= 0.6 is 11.6 Å². The van der Waals surface area contributed by atoms with Gasteiger partial charge in [0, 0.05) is 23.5 Å². The number of nitrogens with zero attached hydrogens (tertiary/aromatic N) is 1. The first kappa shape index (κ1) is 20.7. The molecule has 0 spiro atoms. The Morgan fingerprint density at radius 2 is 1.87 bits per heavy atom. The first-order valence-electron chi connectivity index (χ1n) is 10.5. The highest BCUT2D eigenvalue weighted by atomic mass is 35.5. The fraction of sp³-hybridized carbons (Fsp3) is 0.320. The van der Waals surface area contributed by atoms with Crippen molar-refractivity contribution in [1.82, 2.24) is 10.2 Å². The van der Waals surface area contributed by atoms with Gasteiger partial charge < -0.3 is 10.1 Å². The number of halogens is 1. The van der Waals surface area contributed by atoms with E-state index in [2.05, 4.69) is 34.5 Å². The summed E-state index contributed by atoms with van der Waals surface area (Å²) in [7, 11) is 0. The minimum Gasteiger partial charge on any atom is -0.491 e. The van der Waals surface area contributed by atoms with E-state index in [1.807, 2.05) is 42.5 Å². The number of carbonyl (C=O) groups excluding carboxylic acids is 1. The monoisotopic (exact) mass is 422 g/mol. The molecule has 3 aromatic rings. The highest BCUT2D eigenvalue weighted by molar-refractivity contribution is 6.31. The molecule has 0 aromatic heterocycles. The molecule has 1 aliphatic rings. The normalized spacial score (nSPS) is 17.0. The van der Waals surface area contributed by atoms with Gasteiger partial charge >= 0.3 is 0 Å². The lowest BCUT2D eigenvalue weighted by Crippen LogP contribution is -2.43. The largest absolute Gasteiger partial charge is 0.491 e. The number of amides is 1. The van der Waals surface area contributed by atoms with Gasteiger partial charge in [0.15, 0.2) is 0 Å². The second-order valence-electron chi connectivity index (χ2n) is 7.78. The zero-order valence-electron chi connectivity index (χ0n) is 17.0. The number of hydrogen-bond acceptors (Lipinski definition) is 3. The quantitative estimate of drug-likeness (QED) is 0.550. The first-order chi connectivity index (χ1) is 14.7. The highest BCUT2D eigenvalue weighted by Gasteiger charge is 2.25. The maximum Gasteiger partial charge on any atom is 0.224 e. The van der Waals surface area contributed by atoms with Crippen LogP contribution in [0.15, 0.2) is 66.7 Å². The van der Waals surface area contributed by atoms with Crippen LogP contribution < -0.4 is 10.1 Å². The molecule has 0 radical (unpaired) electrons. The molecule has 156 valence electrons. The molecule has 1 heterocycles. The summed E-state index contributed by atoms with van der Waals surface area (Å²) in [5.74, 6) is 0.977. The van der Waals surface area contributed by atoms with Gasteiger partial charge in [0.05, 0.1) is 12.5 Å². The minimum atomic E-state index is 0.0128. The van der Waals surface area contributed by atoms with Crippen molar-refractivity contribution >= 4 is 28.3 Å². The van der Waals surface area contributed by atoms with Gasteiger partial charge in [-0.2, -0.15) is 0 Å². The lowest BCUT2D eigenvalue weighted by molar-refractivity contribution is -0.126. The Labute approximate surface area is 182 Å². The number of nitrogens with one attached hydrogen (secondary N) is 1. The van der Waals surface area contributed by atoms with Crippen LogP contribution in [-0.4, -0.2) is 37.0 Å². The molecule has 0 aliphatic carbocycles. The van der Waals surface area contributed by atoms with Crippen molar-refractivity contribution in [2.24, 2.45) is 5.92 Å². The van der Waals surface area contributed by atoms with Gasteiger partial charge in [-0.1, -0.05) is 66.2 Å². The molecule has 3 aromatic carbocycles. The Kier molecular flexibility index (Phi) is 6.88. The third-order valence-electron chi connectivity index (χ3n) is 5.64. The molecule has 0 bridgehead atoms. The van der Waals surface area contributed by atoms with E-state index in [1.54, 1.807) is 0 Å². The lowest BCUT2D eigenvalue weighted by Gasteiger charge is -2.32. The van der Waals surface area contributed by atoms with E-state index in [1.165, 1.54) is 0 Å². The Morgan fingerprint density at radius 1 is 1.07 bits per heavy atom. The van der Waals surface area contributed by atoms with Crippen LogP contribution in [0.5, 0.6) is 5.75 Å². The molecule has 5 heteroatoms. The van der Waals surface area contributed by atoms with E-state index < -0.39 is 0 Å². The van der Waals surface area contributed by atoms with E-state index in [0.717, 1.165) is 59.6 Å². The molecule has 0 saturated carbocycles. The second-order valence-corrected chi connectivity index (χ2v) is 8.19. The molecular formula is C25H27ClN2O2. The van der Waals surface area contributed by atoms with Crippen LogP contribution in [0.3, 0.4) is 0 Å². The number of piperidine rings is 1. The van der Waals surface area contributed by atoms with Gasteiger partial charge in [0.1, 0.15) is 12.4 Å². The standard InChI is InChI=1S/C25H27ClN2O2/c26-23-12-4-2-8-20(23)17-28-15-6-10-21(18-28)25(29)27-14-16-30-24-13-5-9-19-7-1-3-11-22(19)24/h1-5,7-9,11-13,21H,6,10,14-18H2,(H,27,29)/t21-/m1/s1. The van der Waals surface area contributed by atoms with Gasteiger partial charge in [0.25, 0.3) is 0 Å². The van der Waals surface area contributed by atoms with E-state index in [4.69, 9.17) is 16.3 Å². The van der Waals surface area contributed by atoms with Gasteiger partial charge in [-0.25, -0.2) is 0 Å². The summed E-state index contributed by atoms with van der Waals surface area (Å²) in [5, 5.41) is 6.08. The average molecular weight is 423 g/mol. The number of carbonyl (C=O) groups is 1. The van der Waals surface area contributed by atoms with Crippen molar-refractivity contribution in [3.8, 4) is 5.75 Å². The van der Waals surface area contributed by atoms with Gasteiger partial charge in [-0.15, -0.1) is 0 Å². The number of benzene rings is 3. The Morgan fingerprint density at radius 3 is 2.77 bits per heavy atom. The number of hydrogen-bond donors (Lipinski definition) is 1. The molecule has 1 N–H and O–H groups in total. The van der Waals surface area contributed by atoms with Crippen LogP contribution in [0.2, 0.25) is 5.02 Å². The number of likely N-dealkylation sites (tertiary alicyclic amines) is 1. The van der Waals surface area contributed by atoms with Crippen LogP contribution in [0.25, 0.3) is 10.8 Å². The number of rotatable bonds is 7. The third-order valence-corrected chi connectivity index (χ3v) is 6.01. The predicted octanol–water partition coefficient (Wildman–Crippen LogP) is 4.90. The summed E-state index contributed by atoms with van der Waals surface area (Å²) in [6, 6.07) is 22.1. The van der Waals surface area contributed by atoms with Crippen molar-refractivity contribution in [2.75, 3.05) is 26.2 Å². The molecule has 1 aliphatic heterocycles. The summed E-state index contributed by atoms with van der Waals surface area (Å²) in [6.45, 7) is 3.51. The highest BCUT2D eigenvalue weighted by Crippen LogP contribution is 2.25. The summed E-state index contributed by atoms with van der Waals surface area (Å²) >= 11 is 6.29. The fourth-order valence-corrected chi connectivity index (χ4v) is 4.28. The summed E-state index contributed by atoms with van der Waals surface area (Å²) < 4.78 is 5.93. The zero-order valence-corrected chi connectivity index (χ0v) is 17.8. The van der Waals surface area contributed by atoms with Crippen LogP contribution in [-0.2, 0) is 11.3 Å². The molecule has 4 rings (SSSR count). The van der Waals surface area contributed by atoms with Crippen LogP contribution in [0, 0.1) is 5.92 Å².